The molecule has 0 spiro atoms. The molecule has 1 atom stereocenters. The zero-order valence-corrected chi connectivity index (χ0v) is 27.9. The number of rotatable bonds is 9. The number of piperazine rings is 1. The molecule has 0 amide bonds. The summed E-state index contributed by atoms with van der Waals surface area (Å²) >= 11 is 1.82. The van der Waals surface area contributed by atoms with Crippen molar-refractivity contribution < 1.29 is 14.3 Å². The third kappa shape index (κ3) is 8.50. The van der Waals surface area contributed by atoms with E-state index in [1.54, 1.807) is 11.1 Å². The van der Waals surface area contributed by atoms with Gasteiger partial charge in [0.1, 0.15) is 6.29 Å². The summed E-state index contributed by atoms with van der Waals surface area (Å²) in [6.07, 6.45) is 10.2. The number of unbranched alkanes of at least 4 members (excludes halogenated alkanes) is 1. The highest BCUT2D eigenvalue weighted by Gasteiger charge is 2.27. The fourth-order valence-corrected chi connectivity index (χ4v) is 8.19. The van der Waals surface area contributed by atoms with Gasteiger partial charge in [-0.2, -0.15) is 0 Å². The average Bonchev–Trinajstić information content (AvgIpc) is 3.71. The number of nitrogens with zero attached hydrogens (tertiary/aromatic N) is 3. The molecule has 45 heavy (non-hydrogen) atoms. The number of benzene rings is 3. The molecule has 1 unspecified atom stereocenters. The summed E-state index contributed by atoms with van der Waals surface area (Å²) in [5, 5.41) is 0. The Morgan fingerprint density at radius 3 is 2.38 bits per heavy atom. The van der Waals surface area contributed by atoms with E-state index in [1.807, 2.05) is 49.0 Å². The molecule has 0 N–H and O–H groups in total. The number of aryl methyl sites for hydroxylation is 2. The molecule has 7 rings (SSSR count). The third-order valence-corrected chi connectivity index (χ3v) is 11.1. The molecule has 1 aliphatic carbocycles. The maximum Gasteiger partial charge on any atom is 0.231 e. The van der Waals surface area contributed by atoms with Crippen molar-refractivity contribution in [2.45, 2.75) is 73.6 Å². The van der Waals surface area contributed by atoms with Crippen LogP contribution < -0.4 is 9.47 Å². The summed E-state index contributed by atoms with van der Waals surface area (Å²) in [5.74, 6) is 2.47. The standard InChI is InChI=1S/C30H41N3O2S.C8H8O/c1-31-14-11-25(12-15-31)33-18-16-32(17-19-33)13-3-2-4-23-5-6-24-20-26(7-9-28(23)24)36-27-8-10-29-30(21-27)35-22-34-29;1-7-4-2-3-5-8(7)6-9/h7-10,20-21,23,25H,2-6,11-19,22H2,1H3;2-6H,1H3. The first-order valence-electron chi connectivity index (χ1n) is 16.9. The summed E-state index contributed by atoms with van der Waals surface area (Å²) in [7, 11) is 2.26. The fraction of sp³-hybridized carbons (Fsp3) is 0.500. The van der Waals surface area contributed by atoms with Crippen LogP contribution in [0.3, 0.4) is 0 Å². The normalized spacial score (nSPS) is 20.4. The van der Waals surface area contributed by atoms with Crippen LogP contribution in [-0.4, -0.2) is 86.7 Å². The molecule has 7 heteroatoms. The van der Waals surface area contributed by atoms with Crippen LogP contribution in [0.1, 0.15) is 71.5 Å². The minimum Gasteiger partial charge on any atom is -0.454 e. The molecule has 0 saturated carbocycles. The molecular weight excluding hydrogens is 579 g/mol. The molecule has 3 aromatic carbocycles. The van der Waals surface area contributed by atoms with Crippen molar-refractivity contribution >= 4 is 18.0 Å². The van der Waals surface area contributed by atoms with Gasteiger partial charge in [0.05, 0.1) is 0 Å². The maximum absolute atomic E-state index is 10.2. The van der Waals surface area contributed by atoms with Crippen LogP contribution in [-0.2, 0) is 6.42 Å². The lowest BCUT2D eigenvalue weighted by atomic mass is 9.95. The molecule has 2 saturated heterocycles. The Bertz CT molecular complexity index is 1420. The first kappa shape index (κ1) is 32.1. The Kier molecular flexibility index (Phi) is 11.2. The smallest absolute Gasteiger partial charge is 0.231 e. The second-order valence-corrected chi connectivity index (χ2v) is 14.2. The van der Waals surface area contributed by atoms with Crippen LogP contribution in [0.15, 0.2) is 70.5 Å². The minimum atomic E-state index is 0.332. The van der Waals surface area contributed by atoms with Crippen LogP contribution in [0.4, 0.5) is 0 Å². The summed E-state index contributed by atoms with van der Waals surface area (Å²) in [4.78, 5) is 20.7. The van der Waals surface area contributed by atoms with Crippen LogP contribution in [0, 0.1) is 6.92 Å². The van der Waals surface area contributed by atoms with Gasteiger partial charge in [0.25, 0.3) is 0 Å². The maximum atomic E-state index is 10.2. The topological polar surface area (TPSA) is 45.2 Å². The lowest BCUT2D eigenvalue weighted by Gasteiger charge is -2.42. The number of fused-ring (bicyclic) bond motifs is 2. The van der Waals surface area contributed by atoms with Crippen molar-refractivity contribution in [3.05, 3.63) is 82.9 Å². The average molecular weight is 628 g/mol. The number of aldehydes is 1. The van der Waals surface area contributed by atoms with E-state index in [0.717, 1.165) is 40.9 Å². The molecule has 3 aromatic rings. The van der Waals surface area contributed by atoms with Gasteiger partial charge in [-0.3, -0.25) is 9.69 Å². The van der Waals surface area contributed by atoms with Gasteiger partial charge in [0.15, 0.2) is 11.5 Å². The summed E-state index contributed by atoms with van der Waals surface area (Å²) in [6, 6.07) is 21.7. The van der Waals surface area contributed by atoms with Gasteiger partial charge in [-0.25, -0.2) is 0 Å². The SMILES string of the molecule is CN1CCC(N2CCN(CCCCC3CCc4cc(Sc5ccc6c(c5)OCO6)ccc43)CC2)CC1.Cc1ccccc1C=O. The van der Waals surface area contributed by atoms with Crippen molar-refractivity contribution in [2.24, 2.45) is 0 Å². The van der Waals surface area contributed by atoms with Gasteiger partial charge in [-0.1, -0.05) is 48.5 Å². The van der Waals surface area contributed by atoms with Gasteiger partial charge in [-0.05, 0) is 125 Å². The second kappa shape index (κ2) is 15.6. The van der Waals surface area contributed by atoms with Crippen LogP contribution in [0.2, 0.25) is 0 Å². The molecule has 2 fully saturated rings. The largest absolute Gasteiger partial charge is 0.454 e. The molecule has 3 aliphatic heterocycles. The Morgan fingerprint density at radius 1 is 0.844 bits per heavy atom. The Morgan fingerprint density at radius 2 is 1.60 bits per heavy atom. The van der Waals surface area contributed by atoms with E-state index < -0.39 is 0 Å². The van der Waals surface area contributed by atoms with Gasteiger partial charge in [0.2, 0.25) is 6.79 Å². The van der Waals surface area contributed by atoms with E-state index in [2.05, 4.69) is 52.1 Å². The number of ether oxygens (including phenoxy) is 2. The van der Waals surface area contributed by atoms with Crippen LogP contribution >= 0.6 is 11.8 Å². The third-order valence-electron chi connectivity index (χ3n) is 10.1. The van der Waals surface area contributed by atoms with Gasteiger partial charge < -0.3 is 19.3 Å². The first-order chi connectivity index (χ1) is 22.1. The van der Waals surface area contributed by atoms with E-state index in [-0.39, 0.29) is 0 Å². The van der Waals surface area contributed by atoms with E-state index in [9.17, 15) is 4.79 Å². The molecule has 0 aromatic heterocycles. The van der Waals surface area contributed by atoms with Crippen molar-refractivity contribution in [2.75, 3.05) is 59.7 Å². The fourth-order valence-electron chi connectivity index (χ4n) is 7.28. The lowest BCUT2D eigenvalue weighted by molar-refractivity contribution is 0.0640. The number of likely N-dealkylation sites (tertiary alicyclic amines) is 1. The molecule has 6 nitrogen and oxygen atoms in total. The monoisotopic (exact) mass is 627 g/mol. The number of carbonyl (C=O) groups is 1. The Hall–Kier alpha value is -2.84. The zero-order valence-electron chi connectivity index (χ0n) is 27.1. The van der Waals surface area contributed by atoms with Gasteiger partial charge >= 0.3 is 0 Å². The van der Waals surface area contributed by atoms with Crippen molar-refractivity contribution in [3.8, 4) is 11.5 Å². The summed E-state index contributed by atoms with van der Waals surface area (Å²) in [5.41, 5.74) is 4.98. The number of hydrogen-bond acceptors (Lipinski definition) is 7. The molecule has 0 bridgehead atoms. The number of carbonyl (C=O) groups excluding carboxylic acids is 1. The quantitative estimate of drug-likeness (QED) is 0.182. The van der Waals surface area contributed by atoms with Crippen LogP contribution in [0.5, 0.6) is 11.5 Å². The zero-order chi connectivity index (χ0) is 31.0. The molecule has 0 radical (unpaired) electrons. The van der Waals surface area contributed by atoms with E-state index in [0.29, 0.717) is 6.79 Å². The van der Waals surface area contributed by atoms with Crippen molar-refractivity contribution in [1.29, 1.82) is 0 Å². The molecule has 240 valence electrons. The van der Waals surface area contributed by atoms with Crippen LogP contribution in [0.25, 0.3) is 0 Å². The highest BCUT2D eigenvalue weighted by Crippen LogP contribution is 2.41. The Labute approximate surface area is 274 Å². The molecule has 3 heterocycles. The first-order valence-corrected chi connectivity index (χ1v) is 17.7. The van der Waals surface area contributed by atoms with E-state index in [4.69, 9.17) is 9.47 Å². The highest BCUT2D eigenvalue weighted by atomic mass is 32.2. The Balaban J connectivity index is 0.000000343. The predicted molar refractivity (Wildman–Crippen MR) is 183 cm³/mol. The minimum absolute atomic E-state index is 0.332. The summed E-state index contributed by atoms with van der Waals surface area (Å²) < 4.78 is 11.0. The van der Waals surface area contributed by atoms with E-state index >= 15 is 0 Å². The van der Waals surface area contributed by atoms with Crippen molar-refractivity contribution in [1.82, 2.24) is 14.7 Å². The van der Waals surface area contributed by atoms with E-state index in [1.165, 1.54) is 101 Å². The lowest BCUT2D eigenvalue weighted by Crippen LogP contribution is -2.52. The summed E-state index contributed by atoms with van der Waals surface area (Å²) in [6.45, 7) is 11.2. The second-order valence-electron chi connectivity index (χ2n) is 13.1. The predicted octanol–water partition coefficient (Wildman–Crippen LogP) is 7.29. The number of hydrogen-bond donors (Lipinski definition) is 0. The van der Waals surface area contributed by atoms with Crippen molar-refractivity contribution in [3.63, 3.8) is 0 Å². The van der Waals surface area contributed by atoms with Gasteiger partial charge in [-0.15, -0.1) is 0 Å². The highest BCUT2D eigenvalue weighted by molar-refractivity contribution is 7.99. The molecule has 4 aliphatic rings. The molecular formula is C38H49N3O3S. The number of piperidine rings is 1. The van der Waals surface area contributed by atoms with Gasteiger partial charge in [0, 0.05) is 47.6 Å².